The Morgan fingerprint density at radius 1 is 0.720 bits per heavy atom. The van der Waals surface area contributed by atoms with E-state index in [2.05, 4.69) is 88.4 Å². The molecule has 0 aliphatic carbocycles. The Bertz CT molecular complexity index is 1060. The van der Waals surface area contributed by atoms with Crippen molar-refractivity contribution in [3.63, 3.8) is 0 Å². The van der Waals surface area contributed by atoms with Gasteiger partial charge in [-0.25, -0.2) is 0 Å². The van der Waals surface area contributed by atoms with Crippen LogP contribution in [-0.2, 0) is 6.42 Å². The van der Waals surface area contributed by atoms with Gasteiger partial charge in [-0.2, -0.15) is 0 Å². The lowest BCUT2D eigenvalue weighted by Crippen LogP contribution is -2.03. The second-order valence-corrected chi connectivity index (χ2v) is 7.45. The summed E-state index contributed by atoms with van der Waals surface area (Å²) in [6.45, 7) is 0. The molecule has 0 aliphatic rings. The van der Waals surface area contributed by atoms with E-state index in [4.69, 9.17) is 0 Å². The first-order valence-corrected chi connectivity index (χ1v) is 9.42. The number of para-hydroxylation sites is 2. The van der Waals surface area contributed by atoms with Crippen LogP contribution in [0.3, 0.4) is 0 Å². The van der Waals surface area contributed by atoms with Crippen LogP contribution in [-0.4, -0.2) is 9.97 Å². The molecule has 2 aromatic carbocycles. The van der Waals surface area contributed by atoms with E-state index in [1.54, 1.807) is 0 Å². The number of benzene rings is 2. The van der Waals surface area contributed by atoms with Gasteiger partial charge in [-0.3, -0.25) is 0 Å². The average molecular weight is 342 g/mol. The van der Waals surface area contributed by atoms with Gasteiger partial charge in [0.15, 0.2) is 0 Å². The highest BCUT2D eigenvalue weighted by Crippen LogP contribution is 2.37. The van der Waals surface area contributed by atoms with Gasteiger partial charge in [0.05, 0.1) is 0 Å². The largest absolute Gasteiger partial charge is 0.361 e. The van der Waals surface area contributed by atoms with Crippen molar-refractivity contribution in [1.82, 2.24) is 9.97 Å². The summed E-state index contributed by atoms with van der Waals surface area (Å²) in [5, 5.41) is 4.79. The summed E-state index contributed by atoms with van der Waals surface area (Å²) < 4.78 is 0. The van der Waals surface area contributed by atoms with Crippen LogP contribution in [0.4, 0.5) is 0 Å². The minimum Gasteiger partial charge on any atom is -0.361 e. The number of nitrogens with one attached hydrogen (secondary N) is 2. The van der Waals surface area contributed by atoms with Crippen LogP contribution in [0.25, 0.3) is 21.8 Å². The van der Waals surface area contributed by atoms with Crippen molar-refractivity contribution in [2.45, 2.75) is 12.3 Å². The van der Waals surface area contributed by atoms with E-state index in [9.17, 15) is 0 Å². The van der Waals surface area contributed by atoms with Crippen molar-refractivity contribution in [1.29, 1.82) is 0 Å². The maximum absolute atomic E-state index is 3.45. The van der Waals surface area contributed by atoms with E-state index in [1.165, 1.54) is 37.8 Å². The van der Waals surface area contributed by atoms with Crippen LogP contribution >= 0.6 is 11.3 Å². The summed E-state index contributed by atoms with van der Waals surface area (Å²) in [6.07, 6.45) is 5.39. The molecule has 0 amide bonds. The van der Waals surface area contributed by atoms with E-state index < -0.39 is 0 Å². The third-order valence-corrected chi connectivity index (χ3v) is 5.88. The molecule has 0 unspecified atom stereocenters. The van der Waals surface area contributed by atoms with Gasteiger partial charge in [0.1, 0.15) is 0 Å². The molecule has 0 radical (unpaired) electrons. The molecule has 0 saturated carbocycles. The first kappa shape index (κ1) is 14.6. The topological polar surface area (TPSA) is 31.6 Å². The highest BCUT2D eigenvalue weighted by atomic mass is 32.1. The van der Waals surface area contributed by atoms with Crippen LogP contribution in [0, 0.1) is 0 Å². The summed E-state index contributed by atoms with van der Waals surface area (Å²) >= 11 is 1.84. The molecule has 3 heteroatoms. The molecule has 0 atom stereocenters. The molecular weight excluding hydrogens is 324 g/mol. The molecule has 5 aromatic rings. The smallest absolute Gasteiger partial charge is 0.0457 e. The number of aromatic nitrogens is 2. The molecule has 0 saturated heterocycles. The minimum absolute atomic E-state index is 0.325. The van der Waals surface area contributed by atoms with Crippen molar-refractivity contribution in [3.8, 4) is 0 Å². The fourth-order valence-electron chi connectivity index (χ4n) is 3.78. The summed E-state index contributed by atoms with van der Waals surface area (Å²) in [6, 6.07) is 21.5. The summed E-state index contributed by atoms with van der Waals surface area (Å²) in [5.41, 5.74) is 5.14. The number of aromatic amines is 2. The van der Waals surface area contributed by atoms with E-state index in [0.29, 0.717) is 5.92 Å². The maximum atomic E-state index is 3.45. The number of hydrogen-bond acceptors (Lipinski definition) is 1. The fourth-order valence-corrected chi connectivity index (χ4v) is 4.53. The number of H-pyrrole nitrogens is 2. The van der Waals surface area contributed by atoms with Crippen molar-refractivity contribution in [3.05, 3.63) is 94.4 Å². The van der Waals surface area contributed by atoms with Crippen LogP contribution in [0.15, 0.2) is 78.4 Å². The Balaban J connectivity index is 1.71. The van der Waals surface area contributed by atoms with Gasteiger partial charge < -0.3 is 9.97 Å². The lowest BCUT2D eigenvalue weighted by Gasteiger charge is -2.16. The third kappa shape index (κ3) is 2.48. The Kier molecular flexibility index (Phi) is 3.46. The molecule has 0 bridgehead atoms. The van der Waals surface area contributed by atoms with Crippen molar-refractivity contribution >= 4 is 33.1 Å². The molecule has 5 rings (SSSR count). The molecular formula is C22H18N2S. The van der Waals surface area contributed by atoms with Crippen molar-refractivity contribution in [2.24, 2.45) is 0 Å². The normalized spacial score (nSPS) is 11.7. The van der Waals surface area contributed by atoms with Gasteiger partial charge in [0.25, 0.3) is 0 Å². The Labute approximate surface area is 150 Å². The average Bonchev–Trinajstić information content (AvgIpc) is 3.39. The van der Waals surface area contributed by atoms with Crippen LogP contribution in [0.2, 0.25) is 0 Å². The fraction of sp³-hybridized carbons (Fsp3) is 0.0909. The highest BCUT2D eigenvalue weighted by molar-refractivity contribution is 7.09. The number of hydrogen-bond donors (Lipinski definition) is 2. The Morgan fingerprint density at radius 3 is 1.88 bits per heavy atom. The van der Waals surface area contributed by atoms with Gasteiger partial charge >= 0.3 is 0 Å². The lowest BCUT2D eigenvalue weighted by molar-refractivity contribution is 0.830. The molecule has 2 N–H and O–H groups in total. The highest BCUT2D eigenvalue weighted by Gasteiger charge is 2.22. The van der Waals surface area contributed by atoms with Gasteiger partial charge in [-0.15, -0.1) is 11.3 Å². The predicted octanol–water partition coefficient (Wildman–Crippen LogP) is 6.09. The second-order valence-electron chi connectivity index (χ2n) is 6.42. The molecule has 2 nitrogen and oxygen atoms in total. The molecule has 0 fully saturated rings. The Hall–Kier alpha value is -2.78. The van der Waals surface area contributed by atoms with E-state index in [-0.39, 0.29) is 0 Å². The number of thiophene rings is 1. The van der Waals surface area contributed by atoms with E-state index in [0.717, 1.165) is 6.42 Å². The molecule has 0 aliphatic heterocycles. The molecule has 25 heavy (non-hydrogen) atoms. The molecule has 3 heterocycles. The van der Waals surface area contributed by atoms with E-state index >= 15 is 0 Å². The van der Waals surface area contributed by atoms with Crippen molar-refractivity contribution < 1.29 is 0 Å². The quantitative estimate of drug-likeness (QED) is 0.396. The zero-order valence-electron chi connectivity index (χ0n) is 13.7. The SMILES string of the molecule is c1csc(CC(c2c[nH]c3ccccc23)c2c[nH]c3ccccc23)c1. The van der Waals surface area contributed by atoms with E-state index in [1.807, 2.05) is 11.3 Å². The van der Waals surface area contributed by atoms with Gasteiger partial charge in [0.2, 0.25) is 0 Å². The van der Waals surface area contributed by atoms with Crippen LogP contribution in [0.1, 0.15) is 21.9 Å². The lowest BCUT2D eigenvalue weighted by atomic mass is 9.87. The minimum atomic E-state index is 0.325. The van der Waals surface area contributed by atoms with Crippen molar-refractivity contribution in [2.75, 3.05) is 0 Å². The maximum Gasteiger partial charge on any atom is 0.0457 e. The molecule has 0 spiro atoms. The standard InChI is InChI=1S/C22H18N2S/c1-3-9-21-16(7-1)19(13-23-21)18(12-15-6-5-11-25-15)20-14-24-22-10-4-2-8-17(20)22/h1-11,13-14,18,23-24H,12H2. The third-order valence-electron chi connectivity index (χ3n) is 4.98. The second kappa shape index (κ2) is 5.94. The van der Waals surface area contributed by atoms with Gasteiger partial charge in [0, 0.05) is 45.0 Å². The first-order chi connectivity index (χ1) is 12.4. The summed E-state index contributed by atoms with van der Waals surface area (Å²) in [4.78, 5) is 8.32. The zero-order chi connectivity index (χ0) is 16.6. The summed E-state index contributed by atoms with van der Waals surface area (Å²) in [7, 11) is 0. The molecule has 3 aromatic heterocycles. The van der Waals surface area contributed by atoms with Crippen LogP contribution < -0.4 is 0 Å². The zero-order valence-corrected chi connectivity index (χ0v) is 14.5. The predicted molar refractivity (Wildman–Crippen MR) is 106 cm³/mol. The first-order valence-electron chi connectivity index (χ1n) is 8.54. The summed E-state index contributed by atoms with van der Waals surface area (Å²) in [5.74, 6) is 0.325. The number of rotatable bonds is 4. The molecule has 122 valence electrons. The monoisotopic (exact) mass is 342 g/mol. The number of fused-ring (bicyclic) bond motifs is 2. The van der Waals surface area contributed by atoms with Gasteiger partial charge in [-0.05, 0) is 41.1 Å². The van der Waals surface area contributed by atoms with Crippen LogP contribution in [0.5, 0.6) is 0 Å². The Morgan fingerprint density at radius 2 is 1.32 bits per heavy atom. The van der Waals surface area contributed by atoms with Gasteiger partial charge in [-0.1, -0.05) is 42.5 Å².